The van der Waals surface area contributed by atoms with Crippen LogP contribution in [0.2, 0.25) is 0 Å². The predicted octanol–water partition coefficient (Wildman–Crippen LogP) is 1.70. The van der Waals surface area contributed by atoms with Crippen LogP contribution in [-0.2, 0) is 9.53 Å². The highest BCUT2D eigenvalue weighted by molar-refractivity contribution is 5.65. The Kier molecular flexibility index (Phi) is 2.81. The number of hydrogen-bond donors (Lipinski definition) is 1. The predicted molar refractivity (Wildman–Crippen MR) is 57.9 cm³/mol. The molecule has 16 heavy (non-hydrogen) atoms. The lowest BCUT2D eigenvalue weighted by molar-refractivity contribution is -0.141. The molecule has 1 aromatic heterocycles. The van der Waals surface area contributed by atoms with E-state index in [9.17, 15) is 9.90 Å². The summed E-state index contributed by atoms with van der Waals surface area (Å²) in [6, 6.07) is 1.72. The number of rotatable bonds is 3. The molecule has 0 aromatic carbocycles. The van der Waals surface area contributed by atoms with E-state index in [1.165, 1.54) is 13.1 Å². The first-order valence-electron chi connectivity index (χ1n) is 5.37. The first-order chi connectivity index (χ1) is 7.59. The summed E-state index contributed by atoms with van der Waals surface area (Å²) in [6.45, 7) is 3.98. The molecular formula is C12H15NO3. The molecule has 4 heteroatoms. The second kappa shape index (κ2) is 4.12. The molecule has 4 nitrogen and oxygen atoms in total. The van der Waals surface area contributed by atoms with Gasteiger partial charge in [-0.2, -0.15) is 0 Å². The molecule has 2 rings (SSSR count). The molecule has 3 atom stereocenters. The molecule has 1 aliphatic carbocycles. The van der Waals surface area contributed by atoms with Gasteiger partial charge in [0.2, 0.25) is 0 Å². The van der Waals surface area contributed by atoms with Gasteiger partial charge in [-0.1, -0.05) is 6.92 Å². The second-order valence-electron chi connectivity index (χ2n) is 4.33. The van der Waals surface area contributed by atoms with Crippen molar-refractivity contribution in [3.63, 3.8) is 0 Å². The van der Waals surface area contributed by atoms with Crippen molar-refractivity contribution in [2.24, 2.45) is 11.8 Å². The summed E-state index contributed by atoms with van der Waals surface area (Å²) < 4.78 is 5.00. The number of pyridine rings is 1. The number of carbonyl (C=O) groups excluding carboxylic acids is 1. The Hall–Kier alpha value is -1.58. The molecule has 1 aliphatic rings. The van der Waals surface area contributed by atoms with Crippen molar-refractivity contribution in [2.45, 2.75) is 19.8 Å². The summed E-state index contributed by atoms with van der Waals surface area (Å²) in [6.07, 6.45) is 3.17. The van der Waals surface area contributed by atoms with E-state index in [2.05, 4.69) is 11.9 Å². The zero-order valence-corrected chi connectivity index (χ0v) is 9.38. The Morgan fingerprint density at radius 3 is 2.94 bits per heavy atom. The Morgan fingerprint density at radius 1 is 1.56 bits per heavy atom. The van der Waals surface area contributed by atoms with E-state index in [-0.39, 0.29) is 11.7 Å². The topological polar surface area (TPSA) is 59.4 Å². The van der Waals surface area contributed by atoms with E-state index in [0.29, 0.717) is 24.4 Å². The minimum atomic E-state index is -0.244. The molecule has 0 radical (unpaired) electrons. The second-order valence-corrected chi connectivity index (χ2v) is 4.33. The van der Waals surface area contributed by atoms with Crippen LogP contribution in [-0.4, -0.2) is 22.7 Å². The molecular weight excluding hydrogens is 206 g/mol. The van der Waals surface area contributed by atoms with Crippen LogP contribution in [0, 0.1) is 11.8 Å². The first kappa shape index (κ1) is 10.9. The fourth-order valence-electron chi connectivity index (χ4n) is 2.19. The van der Waals surface area contributed by atoms with Crippen molar-refractivity contribution < 1.29 is 14.6 Å². The van der Waals surface area contributed by atoms with Gasteiger partial charge in [0.05, 0.1) is 12.8 Å². The molecule has 1 aromatic rings. The number of nitrogens with zero attached hydrogens (tertiary/aromatic N) is 1. The maximum absolute atomic E-state index is 10.7. The van der Waals surface area contributed by atoms with Crippen molar-refractivity contribution in [1.82, 2.24) is 4.98 Å². The third-order valence-electron chi connectivity index (χ3n) is 3.17. The van der Waals surface area contributed by atoms with E-state index in [0.717, 1.165) is 5.56 Å². The van der Waals surface area contributed by atoms with Crippen LogP contribution in [0.25, 0.3) is 0 Å². The van der Waals surface area contributed by atoms with E-state index in [1.54, 1.807) is 12.3 Å². The molecule has 0 bridgehead atoms. The first-order valence-corrected chi connectivity index (χ1v) is 5.37. The van der Waals surface area contributed by atoms with Gasteiger partial charge in [0.1, 0.15) is 5.75 Å². The maximum Gasteiger partial charge on any atom is 0.302 e. The lowest BCUT2D eigenvalue weighted by Crippen LogP contribution is -2.03. The zero-order valence-electron chi connectivity index (χ0n) is 9.38. The average Bonchev–Trinajstić information content (AvgIpc) is 2.86. The SMILES string of the molecule is CC(=O)OCC1C(C)C1c1cncc(O)c1. The summed E-state index contributed by atoms with van der Waals surface area (Å²) in [5.74, 6) is 1.11. The number of aromatic nitrogens is 1. The van der Waals surface area contributed by atoms with Crippen LogP contribution in [0.5, 0.6) is 5.75 Å². The standard InChI is InChI=1S/C12H15NO3/c1-7-11(6-16-8(2)14)12(7)9-3-10(15)5-13-4-9/h3-5,7,11-12,15H,6H2,1-2H3. The molecule has 3 unspecified atom stereocenters. The molecule has 1 N–H and O–H groups in total. The fourth-order valence-corrected chi connectivity index (χ4v) is 2.19. The average molecular weight is 221 g/mol. The Bertz CT molecular complexity index is 405. The van der Waals surface area contributed by atoms with Gasteiger partial charge < -0.3 is 9.84 Å². The van der Waals surface area contributed by atoms with E-state index >= 15 is 0 Å². The lowest BCUT2D eigenvalue weighted by atomic mass is 10.1. The summed E-state index contributed by atoms with van der Waals surface area (Å²) in [7, 11) is 0. The maximum atomic E-state index is 10.7. The largest absolute Gasteiger partial charge is 0.506 e. The van der Waals surface area contributed by atoms with Gasteiger partial charge in [-0.25, -0.2) is 0 Å². The van der Waals surface area contributed by atoms with E-state index in [4.69, 9.17) is 4.74 Å². The minimum Gasteiger partial charge on any atom is -0.506 e. The third kappa shape index (κ3) is 2.15. The van der Waals surface area contributed by atoms with Crippen LogP contribution in [0.3, 0.4) is 0 Å². The Labute approximate surface area is 94.3 Å². The molecule has 0 aliphatic heterocycles. The summed E-state index contributed by atoms with van der Waals surface area (Å²) >= 11 is 0. The van der Waals surface area contributed by atoms with Crippen molar-refractivity contribution in [1.29, 1.82) is 0 Å². The lowest BCUT2D eigenvalue weighted by Gasteiger charge is -2.01. The molecule has 86 valence electrons. The van der Waals surface area contributed by atoms with Gasteiger partial charge >= 0.3 is 5.97 Å². The normalized spacial score (nSPS) is 27.5. The van der Waals surface area contributed by atoms with E-state index in [1.807, 2.05) is 0 Å². The van der Waals surface area contributed by atoms with Crippen molar-refractivity contribution in [3.05, 3.63) is 24.0 Å². The number of esters is 1. The van der Waals surface area contributed by atoms with E-state index < -0.39 is 0 Å². The van der Waals surface area contributed by atoms with Gasteiger partial charge in [0, 0.05) is 19.0 Å². The molecule has 0 amide bonds. The number of hydrogen-bond acceptors (Lipinski definition) is 4. The molecule has 1 fully saturated rings. The Balaban J connectivity index is 2.00. The highest BCUT2D eigenvalue weighted by Crippen LogP contribution is 2.53. The summed E-state index contributed by atoms with van der Waals surface area (Å²) in [5, 5.41) is 9.33. The summed E-state index contributed by atoms with van der Waals surface area (Å²) in [5.41, 5.74) is 1.02. The molecule has 1 saturated carbocycles. The quantitative estimate of drug-likeness (QED) is 0.789. The molecule has 1 heterocycles. The van der Waals surface area contributed by atoms with Crippen LogP contribution in [0.1, 0.15) is 25.3 Å². The number of carbonyl (C=O) groups is 1. The van der Waals surface area contributed by atoms with Gasteiger partial charge in [-0.15, -0.1) is 0 Å². The van der Waals surface area contributed by atoms with Crippen LogP contribution in [0.4, 0.5) is 0 Å². The highest BCUT2D eigenvalue weighted by Gasteiger charge is 2.48. The third-order valence-corrected chi connectivity index (χ3v) is 3.17. The van der Waals surface area contributed by atoms with Gasteiger partial charge in [0.25, 0.3) is 0 Å². The fraction of sp³-hybridized carbons (Fsp3) is 0.500. The molecule has 0 spiro atoms. The van der Waals surface area contributed by atoms with Crippen LogP contribution < -0.4 is 0 Å². The van der Waals surface area contributed by atoms with Crippen molar-refractivity contribution in [2.75, 3.05) is 6.61 Å². The number of aromatic hydroxyl groups is 1. The zero-order chi connectivity index (χ0) is 11.7. The van der Waals surface area contributed by atoms with Crippen LogP contribution in [0.15, 0.2) is 18.5 Å². The Morgan fingerprint density at radius 2 is 2.31 bits per heavy atom. The monoisotopic (exact) mass is 221 g/mol. The summed E-state index contributed by atoms with van der Waals surface area (Å²) in [4.78, 5) is 14.7. The smallest absolute Gasteiger partial charge is 0.302 e. The number of ether oxygens (including phenoxy) is 1. The minimum absolute atomic E-state index is 0.183. The van der Waals surface area contributed by atoms with Gasteiger partial charge in [-0.05, 0) is 23.5 Å². The van der Waals surface area contributed by atoms with Gasteiger partial charge in [0.15, 0.2) is 0 Å². The van der Waals surface area contributed by atoms with Crippen molar-refractivity contribution >= 4 is 5.97 Å². The molecule has 0 saturated heterocycles. The highest BCUT2D eigenvalue weighted by atomic mass is 16.5. The van der Waals surface area contributed by atoms with Crippen LogP contribution >= 0.6 is 0 Å². The van der Waals surface area contributed by atoms with Crippen molar-refractivity contribution in [3.8, 4) is 5.75 Å². The van der Waals surface area contributed by atoms with Gasteiger partial charge in [-0.3, -0.25) is 9.78 Å².